The smallest absolute Gasteiger partial charge is 0.338 e. The van der Waals surface area contributed by atoms with E-state index in [2.05, 4.69) is 27.7 Å². The number of benzene rings is 1. The molecule has 1 aromatic carbocycles. The molecular weight excluding hydrogens is 376 g/mol. The molecule has 0 amide bonds. The Balaban J connectivity index is 2.62. The van der Waals surface area contributed by atoms with Gasteiger partial charge in [-0.05, 0) is 89.5 Å². The molecule has 0 N–H and O–H groups in total. The molecular formula is C26H42O4. The van der Waals surface area contributed by atoms with E-state index in [0.29, 0.717) is 23.0 Å². The summed E-state index contributed by atoms with van der Waals surface area (Å²) in [6, 6.07) is 6.54. The van der Waals surface area contributed by atoms with Gasteiger partial charge in [0.15, 0.2) is 0 Å². The van der Waals surface area contributed by atoms with Crippen molar-refractivity contribution >= 4 is 11.9 Å². The average Bonchev–Trinajstić information content (AvgIpc) is 2.59. The van der Waals surface area contributed by atoms with Crippen LogP contribution in [0, 0.1) is 11.8 Å². The van der Waals surface area contributed by atoms with Crippen LogP contribution in [-0.2, 0) is 9.47 Å². The first-order chi connectivity index (χ1) is 13.8. The van der Waals surface area contributed by atoms with Crippen molar-refractivity contribution < 1.29 is 19.1 Å². The first-order valence-electron chi connectivity index (χ1n) is 11.4. The first-order valence-corrected chi connectivity index (χ1v) is 11.4. The van der Waals surface area contributed by atoms with Crippen molar-refractivity contribution in [1.82, 2.24) is 0 Å². The van der Waals surface area contributed by atoms with Crippen molar-refractivity contribution in [3.8, 4) is 0 Å². The topological polar surface area (TPSA) is 52.6 Å². The quantitative estimate of drug-likeness (QED) is 0.336. The lowest BCUT2D eigenvalue weighted by Gasteiger charge is -2.26. The van der Waals surface area contributed by atoms with Gasteiger partial charge in [-0.1, -0.05) is 40.5 Å². The summed E-state index contributed by atoms with van der Waals surface area (Å²) in [7, 11) is 0. The van der Waals surface area contributed by atoms with Crippen molar-refractivity contribution in [2.75, 3.05) is 0 Å². The molecule has 0 heterocycles. The van der Waals surface area contributed by atoms with Gasteiger partial charge in [0.1, 0.15) is 11.2 Å². The number of esters is 2. The fourth-order valence-electron chi connectivity index (χ4n) is 3.34. The van der Waals surface area contributed by atoms with Crippen LogP contribution in [0.4, 0.5) is 0 Å². The second-order valence-electron chi connectivity index (χ2n) is 10.4. The van der Waals surface area contributed by atoms with Gasteiger partial charge in [-0.2, -0.15) is 0 Å². The Labute approximate surface area is 183 Å². The zero-order chi connectivity index (χ0) is 22.9. The van der Waals surface area contributed by atoms with Gasteiger partial charge >= 0.3 is 11.9 Å². The Morgan fingerprint density at radius 2 is 1.00 bits per heavy atom. The molecule has 0 aliphatic carbocycles. The highest BCUT2D eigenvalue weighted by Gasteiger charge is 2.25. The molecule has 0 atom stereocenters. The lowest BCUT2D eigenvalue weighted by molar-refractivity contribution is -0.00737. The summed E-state index contributed by atoms with van der Waals surface area (Å²) in [6.45, 7) is 16.5. The minimum Gasteiger partial charge on any atom is -0.456 e. The fourth-order valence-corrected chi connectivity index (χ4v) is 3.34. The lowest BCUT2D eigenvalue weighted by atomic mass is 9.97. The molecule has 4 nitrogen and oxygen atoms in total. The summed E-state index contributed by atoms with van der Waals surface area (Å²) >= 11 is 0. The molecule has 1 aromatic rings. The third-order valence-electron chi connectivity index (χ3n) is 5.21. The summed E-state index contributed by atoms with van der Waals surface area (Å²) in [6.07, 6.45) is 5.93. The largest absolute Gasteiger partial charge is 0.456 e. The normalized spacial score (nSPS) is 12.3. The van der Waals surface area contributed by atoms with E-state index in [1.807, 2.05) is 27.7 Å². The van der Waals surface area contributed by atoms with Gasteiger partial charge in [-0.15, -0.1) is 0 Å². The summed E-state index contributed by atoms with van der Waals surface area (Å²) in [4.78, 5) is 25.0. The van der Waals surface area contributed by atoms with Crippen LogP contribution in [0.1, 0.15) is 115 Å². The molecule has 0 saturated carbocycles. The van der Waals surface area contributed by atoms with Crippen LogP contribution in [0.15, 0.2) is 24.3 Å². The maximum atomic E-state index is 12.5. The van der Waals surface area contributed by atoms with Crippen LogP contribution in [0.2, 0.25) is 0 Å². The molecule has 1 rings (SSSR count). The Kier molecular flexibility index (Phi) is 10.1. The molecule has 170 valence electrons. The summed E-state index contributed by atoms with van der Waals surface area (Å²) in [5, 5.41) is 0. The Bertz CT molecular complexity index is 610. The number of rotatable bonds is 12. The molecule has 0 aromatic heterocycles. The van der Waals surface area contributed by atoms with Crippen molar-refractivity contribution in [3.05, 3.63) is 35.4 Å². The highest BCUT2D eigenvalue weighted by Crippen LogP contribution is 2.23. The van der Waals surface area contributed by atoms with E-state index < -0.39 is 11.2 Å². The van der Waals surface area contributed by atoms with E-state index in [1.165, 1.54) is 0 Å². The minimum atomic E-state index is -0.510. The molecule has 0 aliphatic rings. The molecule has 0 radical (unpaired) electrons. The van der Waals surface area contributed by atoms with Crippen molar-refractivity contribution in [2.45, 2.75) is 105 Å². The number of carbonyl (C=O) groups excluding carboxylic acids is 2. The van der Waals surface area contributed by atoms with Crippen molar-refractivity contribution in [1.29, 1.82) is 0 Å². The molecule has 0 saturated heterocycles. The molecule has 30 heavy (non-hydrogen) atoms. The van der Waals surface area contributed by atoms with Crippen molar-refractivity contribution in [2.24, 2.45) is 11.8 Å². The maximum absolute atomic E-state index is 12.5. The van der Waals surface area contributed by atoms with Gasteiger partial charge in [0.05, 0.1) is 11.1 Å². The number of hydrogen-bond donors (Lipinski definition) is 0. The summed E-state index contributed by atoms with van der Waals surface area (Å²) < 4.78 is 11.4. The van der Waals surface area contributed by atoms with Crippen LogP contribution >= 0.6 is 0 Å². The Morgan fingerprint density at radius 1 is 0.700 bits per heavy atom. The zero-order valence-corrected chi connectivity index (χ0v) is 20.3. The Morgan fingerprint density at radius 3 is 1.27 bits per heavy atom. The number of ether oxygens (including phenoxy) is 2. The van der Waals surface area contributed by atoms with Crippen LogP contribution < -0.4 is 0 Å². The van der Waals surface area contributed by atoms with Gasteiger partial charge in [-0.3, -0.25) is 0 Å². The van der Waals surface area contributed by atoms with Crippen molar-refractivity contribution in [3.63, 3.8) is 0 Å². The van der Waals surface area contributed by atoms with E-state index >= 15 is 0 Å². The maximum Gasteiger partial charge on any atom is 0.338 e. The van der Waals surface area contributed by atoms with Crippen LogP contribution in [0.25, 0.3) is 0 Å². The van der Waals surface area contributed by atoms with Crippen LogP contribution in [0.3, 0.4) is 0 Å². The van der Waals surface area contributed by atoms with E-state index in [9.17, 15) is 9.59 Å². The highest BCUT2D eigenvalue weighted by molar-refractivity contribution is 5.93. The van der Waals surface area contributed by atoms with E-state index in [-0.39, 0.29) is 11.9 Å². The summed E-state index contributed by atoms with van der Waals surface area (Å²) in [5.41, 5.74) is -0.132. The number of hydrogen-bond acceptors (Lipinski definition) is 4. The highest BCUT2D eigenvalue weighted by atomic mass is 16.6. The second kappa shape index (κ2) is 11.5. The molecule has 0 bridgehead atoms. The predicted octanol–water partition coefficient (Wildman–Crippen LogP) is 7.21. The Hall–Kier alpha value is -1.84. The van der Waals surface area contributed by atoms with Gasteiger partial charge in [0, 0.05) is 0 Å². The van der Waals surface area contributed by atoms with E-state index in [4.69, 9.17) is 9.47 Å². The summed E-state index contributed by atoms with van der Waals surface area (Å²) in [5.74, 6) is 0.560. The van der Waals surface area contributed by atoms with Gasteiger partial charge < -0.3 is 9.47 Å². The SMILES string of the molecule is CC(C)CCCC(C)(C)OC(=O)c1ccc(C(=O)OC(C)(C)CCCC(C)C)cc1. The monoisotopic (exact) mass is 418 g/mol. The fraction of sp³-hybridized carbons (Fsp3) is 0.692. The second-order valence-corrected chi connectivity index (χ2v) is 10.4. The molecule has 0 spiro atoms. The standard InChI is InChI=1S/C26H42O4/c1-19(2)11-9-17-25(5,6)29-23(27)21-13-15-22(16-14-21)24(28)30-26(7,8)18-10-12-20(3)4/h13-16,19-20H,9-12,17-18H2,1-8H3. The van der Waals surface area contributed by atoms with Gasteiger partial charge in [0.2, 0.25) is 0 Å². The van der Waals surface area contributed by atoms with Crippen LogP contribution in [-0.4, -0.2) is 23.1 Å². The third-order valence-corrected chi connectivity index (χ3v) is 5.21. The van der Waals surface area contributed by atoms with E-state index in [1.54, 1.807) is 24.3 Å². The minimum absolute atomic E-state index is 0.363. The lowest BCUT2D eigenvalue weighted by Crippen LogP contribution is -2.29. The zero-order valence-electron chi connectivity index (χ0n) is 20.3. The van der Waals surface area contributed by atoms with Gasteiger partial charge in [-0.25, -0.2) is 9.59 Å². The molecule has 4 heteroatoms. The molecule has 0 aliphatic heterocycles. The predicted molar refractivity (Wildman–Crippen MR) is 123 cm³/mol. The third kappa shape index (κ3) is 10.3. The molecule has 0 unspecified atom stereocenters. The van der Waals surface area contributed by atoms with E-state index in [0.717, 1.165) is 38.5 Å². The van der Waals surface area contributed by atoms with Crippen LogP contribution in [0.5, 0.6) is 0 Å². The number of carbonyl (C=O) groups is 2. The first kappa shape index (κ1) is 26.2. The van der Waals surface area contributed by atoms with Gasteiger partial charge in [0.25, 0.3) is 0 Å². The molecule has 0 fully saturated rings. The average molecular weight is 419 g/mol.